The Morgan fingerprint density at radius 2 is 1.96 bits per heavy atom. The molecule has 3 heterocycles. The van der Waals surface area contributed by atoms with E-state index in [1.54, 1.807) is 17.3 Å². The third-order valence-electron chi connectivity index (χ3n) is 4.60. The van der Waals surface area contributed by atoms with E-state index in [1.807, 2.05) is 42.5 Å². The Morgan fingerprint density at radius 1 is 1.15 bits per heavy atom. The zero-order chi connectivity index (χ0) is 18.5. The van der Waals surface area contributed by atoms with Crippen LogP contribution in [0.4, 0.5) is 0 Å². The molecule has 27 heavy (non-hydrogen) atoms. The van der Waals surface area contributed by atoms with E-state index in [9.17, 15) is 4.79 Å². The first kappa shape index (κ1) is 17.2. The molecule has 2 aromatic heterocycles. The SMILES string of the molecule is O=C(COc1ccccc1)N1CCCC[C@@H]1c1noc(-c2ccncc2)n1. The fourth-order valence-electron chi connectivity index (χ4n) is 3.23. The van der Waals surface area contributed by atoms with E-state index in [0.717, 1.165) is 24.8 Å². The number of amides is 1. The highest BCUT2D eigenvalue weighted by Crippen LogP contribution is 2.30. The lowest BCUT2D eigenvalue weighted by atomic mass is 10.0. The van der Waals surface area contributed by atoms with Crippen molar-refractivity contribution in [1.82, 2.24) is 20.0 Å². The van der Waals surface area contributed by atoms with Gasteiger partial charge in [0.15, 0.2) is 12.4 Å². The molecule has 1 atom stereocenters. The number of pyridine rings is 1. The smallest absolute Gasteiger partial charge is 0.261 e. The van der Waals surface area contributed by atoms with Crippen LogP contribution in [0.5, 0.6) is 5.75 Å². The lowest BCUT2D eigenvalue weighted by molar-refractivity contribution is -0.137. The second-order valence-corrected chi connectivity index (χ2v) is 6.39. The highest BCUT2D eigenvalue weighted by Gasteiger charge is 2.31. The van der Waals surface area contributed by atoms with Gasteiger partial charge in [0.1, 0.15) is 5.75 Å². The molecule has 7 heteroatoms. The molecular weight excluding hydrogens is 344 g/mol. The van der Waals surface area contributed by atoms with Gasteiger partial charge in [0.05, 0.1) is 6.04 Å². The number of hydrogen-bond acceptors (Lipinski definition) is 6. The minimum atomic E-state index is -0.190. The number of rotatable bonds is 5. The first-order valence-corrected chi connectivity index (χ1v) is 9.02. The predicted molar refractivity (Wildman–Crippen MR) is 97.8 cm³/mol. The zero-order valence-corrected chi connectivity index (χ0v) is 14.8. The van der Waals surface area contributed by atoms with Crippen molar-refractivity contribution >= 4 is 5.91 Å². The Hall–Kier alpha value is -3.22. The van der Waals surface area contributed by atoms with Gasteiger partial charge >= 0.3 is 0 Å². The highest BCUT2D eigenvalue weighted by atomic mass is 16.5. The Morgan fingerprint density at radius 3 is 2.78 bits per heavy atom. The molecule has 4 rings (SSSR count). The molecule has 1 aliphatic rings. The number of ether oxygens (including phenoxy) is 1. The van der Waals surface area contributed by atoms with Crippen LogP contribution < -0.4 is 4.74 Å². The van der Waals surface area contributed by atoms with E-state index in [2.05, 4.69) is 15.1 Å². The number of likely N-dealkylation sites (tertiary alicyclic amines) is 1. The molecule has 1 saturated heterocycles. The standard InChI is InChI=1S/C20H20N4O3/c25-18(14-26-16-6-2-1-3-7-16)24-13-5-4-8-17(24)19-22-20(27-23-19)15-9-11-21-12-10-15/h1-3,6-7,9-12,17H,4-5,8,13-14H2/t17-/m1/s1. The maximum absolute atomic E-state index is 12.7. The van der Waals surface area contributed by atoms with Gasteiger partial charge in [-0.1, -0.05) is 23.4 Å². The van der Waals surface area contributed by atoms with E-state index >= 15 is 0 Å². The van der Waals surface area contributed by atoms with E-state index in [4.69, 9.17) is 9.26 Å². The summed E-state index contributed by atoms with van der Waals surface area (Å²) in [7, 11) is 0. The number of benzene rings is 1. The topological polar surface area (TPSA) is 81.4 Å². The fraction of sp³-hybridized carbons (Fsp3) is 0.300. The summed E-state index contributed by atoms with van der Waals surface area (Å²) in [5.41, 5.74) is 0.810. The average molecular weight is 364 g/mol. The van der Waals surface area contributed by atoms with Crippen molar-refractivity contribution in [2.75, 3.05) is 13.2 Å². The summed E-state index contributed by atoms with van der Waals surface area (Å²) in [5, 5.41) is 4.13. The summed E-state index contributed by atoms with van der Waals surface area (Å²) >= 11 is 0. The summed E-state index contributed by atoms with van der Waals surface area (Å²) < 4.78 is 11.0. The van der Waals surface area contributed by atoms with E-state index in [0.29, 0.717) is 24.0 Å². The number of hydrogen-bond donors (Lipinski definition) is 0. The van der Waals surface area contributed by atoms with E-state index in [1.165, 1.54) is 0 Å². The molecule has 7 nitrogen and oxygen atoms in total. The summed E-state index contributed by atoms with van der Waals surface area (Å²) in [6, 6.07) is 12.8. The number of aromatic nitrogens is 3. The van der Waals surface area contributed by atoms with Crippen LogP contribution >= 0.6 is 0 Å². The van der Waals surface area contributed by atoms with Crippen LogP contribution in [0.3, 0.4) is 0 Å². The van der Waals surface area contributed by atoms with E-state index in [-0.39, 0.29) is 18.6 Å². The number of para-hydroxylation sites is 1. The molecule has 0 unspecified atom stereocenters. The van der Waals surface area contributed by atoms with Gasteiger partial charge in [0.2, 0.25) is 0 Å². The Kier molecular flexibility index (Phi) is 5.09. The van der Waals surface area contributed by atoms with Gasteiger partial charge in [-0.2, -0.15) is 4.98 Å². The first-order valence-electron chi connectivity index (χ1n) is 9.02. The second kappa shape index (κ2) is 7.99. The van der Waals surface area contributed by atoms with Crippen LogP contribution in [0.1, 0.15) is 31.1 Å². The molecule has 0 saturated carbocycles. The maximum atomic E-state index is 12.7. The average Bonchev–Trinajstić information content (AvgIpc) is 3.23. The van der Waals surface area contributed by atoms with Crippen LogP contribution in [0.15, 0.2) is 59.4 Å². The first-order chi connectivity index (χ1) is 13.3. The highest BCUT2D eigenvalue weighted by molar-refractivity contribution is 5.78. The van der Waals surface area contributed by atoms with Crippen LogP contribution in [-0.2, 0) is 4.79 Å². The summed E-state index contributed by atoms with van der Waals surface area (Å²) in [6.45, 7) is 0.663. The lowest BCUT2D eigenvalue weighted by Gasteiger charge is -2.33. The van der Waals surface area contributed by atoms with Gasteiger partial charge in [-0.05, 0) is 43.5 Å². The molecule has 1 fully saturated rings. The summed E-state index contributed by atoms with van der Waals surface area (Å²) in [4.78, 5) is 23.0. The van der Waals surface area contributed by atoms with Crippen molar-refractivity contribution in [1.29, 1.82) is 0 Å². The fourth-order valence-corrected chi connectivity index (χ4v) is 3.23. The van der Waals surface area contributed by atoms with Crippen molar-refractivity contribution in [2.45, 2.75) is 25.3 Å². The van der Waals surface area contributed by atoms with Gasteiger partial charge in [0, 0.05) is 24.5 Å². The molecule has 0 bridgehead atoms. The predicted octanol–water partition coefficient (Wildman–Crippen LogP) is 3.26. The van der Waals surface area contributed by atoms with E-state index < -0.39 is 0 Å². The minimum Gasteiger partial charge on any atom is -0.484 e. The zero-order valence-electron chi connectivity index (χ0n) is 14.8. The number of piperidine rings is 1. The molecule has 0 radical (unpaired) electrons. The second-order valence-electron chi connectivity index (χ2n) is 6.39. The monoisotopic (exact) mass is 364 g/mol. The summed E-state index contributed by atoms with van der Waals surface area (Å²) in [6.07, 6.45) is 6.15. The molecule has 0 spiro atoms. The quantitative estimate of drug-likeness (QED) is 0.691. The number of carbonyl (C=O) groups is 1. The van der Waals surface area contributed by atoms with Gasteiger partial charge in [-0.3, -0.25) is 9.78 Å². The van der Waals surface area contributed by atoms with Crippen molar-refractivity contribution in [2.24, 2.45) is 0 Å². The Balaban J connectivity index is 1.47. The van der Waals surface area contributed by atoms with Gasteiger partial charge in [0.25, 0.3) is 11.8 Å². The van der Waals surface area contributed by atoms with Crippen molar-refractivity contribution < 1.29 is 14.1 Å². The largest absolute Gasteiger partial charge is 0.484 e. The van der Waals surface area contributed by atoms with Crippen LogP contribution in [-0.4, -0.2) is 39.1 Å². The molecule has 1 aliphatic heterocycles. The third-order valence-corrected chi connectivity index (χ3v) is 4.60. The Bertz CT molecular complexity index is 883. The molecule has 1 amide bonds. The molecule has 3 aromatic rings. The molecule has 1 aromatic carbocycles. The van der Waals surface area contributed by atoms with Crippen LogP contribution in [0.25, 0.3) is 11.5 Å². The molecule has 0 aliphatic carbocycles. The maximum Gasteiger partial charge on any atom is 0.261 e. The van der Waals surface area contributed by atoms with Crippen LogP contribution in [0, 0.1) is 0 Å². The van der Waals surface area contributed by atoms with Crippen molar-refractivity contribution in [3.63, 3.8) is 0 Å². The lowest BCUT2D eigenvalue weighted by Crippen LogP contribution is -2.41. The molecule has 0 N–H and O–H groups in total. The van der Waals surface area contributed by atoms with Gasteiger partial charge in [-0.15, -0.1) is 0 Å². The number of carbonyl (C=O) groups excluding carboxylic acids is 1. The van der Waals surface area contributed by atoms with Crippen molar-refractivity contribution in [3.8, 4) is 17.2 Å². The third kappa shape index (κ3) is 3.97. The van der Waals surface area contributed by atoms with Gasteiger partial charge < -0.3 is 14.2 Å². The molecule has 138 valence electrons. The van der Waals surface area contributed by atoms with Crippen LogP contribution in [0.2, 0.25) is 0 Å². The number of nitrogens with zero attached hydrogens (tertiary/aromatic N) is 4. The normalized spacial score (nSPS) is 16.9. The minimum absolute atomic E-state index is 0.00439. The Labute approximate surface area is 157 Å². The summed E-state index contributed by atoms with van der Waals surface area (Å²) in [5.74, 6) is 1.58. The van der Waals surface area contributed by atoms with Crippen molar-refractivity contribution in [3.05, 3.63) is 60.7 Å². The molecular formula is C20H20N4O3. The van der Waals surface area contributed by atoms with Gasteiger partial charge in [-0.25, -0.2) is 0 Å².